The number of fused-ring (bicyclic) bond motifs is 1. The molecule has 0 aliphatic rings. The largest absolute Gasteiger partial charge is 0.344 e. The molecule has 148 valence electrons. The molecule has 3 heterocycles. The lowest BCUT2D eigenvalue weighted by molar-refractivity contribution is 0.664. The number of aromatic amines is 1. The van der Waals surface area contributed by atoms with Crippen LogP contribution in [0.3, 0.4) is 0 Å². The van der Waals surface area contributed by atoms with Crippen LogP contribution < -0.4 is 5.73 Å². The van der Waals surface area contributed by atoms with Gasteiger partial charge in [-0.05, 0) is 42.0 Å². The highest BCUT2D eigenvalue weighted by Crippen LogP contribution is 2.19. The van der Waals surface area contributed by atoms with Gasteiger partial charge in [-0.25, -0.2) is 9.97 Å². The Kier molecular flexibility index (Phi) is 4.83. The Bertz CT molecular complexity index is 1250. The summed E-state index contributed by atoms with van der Waals surface area (Å²) in [4.78, 5) is 16.7. The zero-order valence-corrected chi connectivity index (χ0v) is 16.4. The van der Waals surface area contributed by atoms with Gasteiger partial charge in [0.25, 0.3) is 0 Å². The Morgan fingerprint density at radius 1 is 0.900 bits per heavy atom. The summed E-state index contributed by atoms with van der Waals surface area (Å²) in [6, 6.07) is 22.3. The third-order valence-electron chi connectivity index (χ3n) is 5.22. The maximum atomic E-state index is 6.31. The van der Waals surface area contributed by atoms with Gasteiger partial charge in [-0.3, -0.25) is 9.55 Å². The van der Waals surface area contributed by atoms with Gasteiger partial charge in [0.1, 0.15) is 12.2 Å². The van der Waals surface area contributed by atoms with Crippen LogP contribution in [0.5, 0.6) is 0 Å². The van der Waals surface area contributed by atoms with Gasteiger partial charge in [-0.2, -0.15) is 0 Å². The molecule has 0 unspecified atom stereocenters. The summed E-state index contributed by atoms with van der Waals surface area (Å²) in [6.07, 6.45) is 6.94. The lowest BCUT2D eigenvalue weighted by Gasteiger charge is -2.08. The van der Waals surface area contributed by atoms with Gasteiger partial charge >= 0.3 is 0 Å². The molecule has 0 radical (unpaired) electrons. The van der Waals surface area contributed by atoms with Crippen molar-refractivity contribution in [3.8, 4) is 5.69 Å². The molecular weight excluding hydrogens is 372 g/mol. The van der Waals surface area contributed by atoms with Crippen LogP contribution in [0.25, 0.3) is 16.7 Å². The molecule has 5 aromatic rings. The predicted molar refractivity (Wildman–Crippen MR) is 117 cm³/mol. The average molecular weight is 394 g/mol. The van der Waals surface area contributed by atoms with Gasteiger partial charge in [0.05, 0.1) is 17.1 Å². The third-order valence-corrected chi connectivity index (χ3v) is 5.22. The van der Waals surface area contributed by atoms with Crippen LogP contribution in [-0.2, 0) is 12.8 Å². The van der Waals surface area contributed by atoms with E-state index in [1.807, 2.05) is 48.9 Å². The molecule has 30 heavy (non-hydrogen) atoms. The second-order valence-electron chi connectivity index (χ2n) is 7.37. The fraction of sp³-hybridized carbons (Fsp3) is 0.125. The number of benzene rings is 2. The number of para-hydroxylation sites is 2. The lowest BCUT2D eigenvalue weighted by atomic mass is 10.1. The van der Waals surface area contributed by atoms with Crippen molar-refractivity contribution in [3.05, 3.63) is 108 Å². The first-order chi connectivity index (χ1) is 14.8. The highest BCUT2D eigenvalue weighted by molar-refractivity contribution is 5.77. The number of imidazole rings is 2. The van der Waals surface area contributed by atoms with E-state index in [1.165, 1.54) is 5.56 Å². The van der Waals surface area contributed by atoms with Crippen molar-refractivity contribution in [2.45, 2.75) is 18.9 Å². The third kappa shape index (κ3) is 3.73. The molecule has 0 spiro atoms. The minimum absolute atomic E-state index is 0.203. The monoisotopic (exact) mass is 394 g/mol. The summed E-state index contributed by atoms with van der Waals surface area (Å²) in [7, 11) is 0. The van der Waals surface area contributed by atoms with E-state index in [2.05, 4.69) is 54.8 Å². The quantitative estimate of drug-likeness (QED) is 0.456. The van der Waals surface area contributed by atoms with Gasteiger partial charge in [0, 0.05) is 42.3 Å². The number of hydrogen-bond donors (Lipinski definition) is 2. The van der Waals surface area contributed by atoms with Crippen molar-refractivity contribution in [1.82, 2.24) is 24.5 Å². The first-order valence-electron chi connectivity index (χ1n) is 9.97. The van der Waals surface area contributed by atoms with E-state index in [0.29, 0.717) is 6.42 Å². The number of rotatable bonds is 6. The van der Waals surface area contributed by atoms with Crippen LogP contribution in [-0.4, -0.2) is 24.5 Å². The molecule has 6 heteroatoms. The summed E-state index contributed by atoms with van der Waals surface area (Å²) in [6.45, 7) is 0. The number of nitrogens with zero attached hydrogens (tertiary/aromatic N) is 4. The molecule has 5 rings (SSSR count). The van der Waals surface area contributed by atoms with Crippen molar-refractivity contribution in [2.24, 2.45) is 5.73 Å². The van der Waals surface area contributed by atoms with Crippen LogP contribution in [0.1, 0.15) is 28.8 Å². The van der Waals surface area contributed by atoms with Gasteiger partial charge in [-0.1, -0.05) is 30.3 Å². The minimum Gasteiger partial charge on any atom is -0.344 e. The van der Waals surface area contributed by atoms with Crippen LogP contribution in [0, 0.1) is 0 Å². The number of nitrogens with one attached hydrogen (secondary N) is 1. The van der Waals surface area contributed by atoms with Crippen LogP contribution in [0.2, 0.25) is 0 Å². The van der Waals surface area contributed by atoms with Crippen molar-refractivity contribution < 1.29 is 0 Å². The van der Waals surface area contributed by atoms with Crippen molar-refractivity contribution in [3.63, 3.8) is 0 Å². The summed E-state index contributed by atoms with van der Waals surface area (Å²) in [5.41, 5.74) is 12.7. The smallest absolute Gasteiger partial charge is 0.123 e. The molecule has 6 nitrogen and oxygen atoms in total. The molecule has 0 fully saturated rings. The highest BCUT2D eigenvalue weighted by atomic mass is 15.0. The van der Waals surface area contributed by atoms with E-state index in [1.54, 1.807) is 6.20 Å². The molecule has 2 aromatic carbocycles. The van der Waals surface area contributed by atoms with Crippen LogP contribution in [0.15, 0.2) is 85.5 Å². The Morgan fingerprint density at radius 2 is 1.73 bits per heavy atom. The van der Waals surface area contributed by atoms with E-state index in [0.717, 1.165) is 40.4 Å². The van der Waals surface area contributed by atoms with E-state index >= 15 is 0 Å². The van der Waals surface area contributed by atoms with Crippen molar-refractivity contribution in [1.29, 1.82) is 0 Å². The average Bonchev–Trinajstić information content (AvgIpc) is 3.42. The Labute approximate surface area is 174 Å². The van der Waals surface area contributed by atoms with E-state index in [9.17, 15) is 0 Å². The van der Waals surface area contributed by atoms with E-state index < -0.39 is 0 Å². The molecule has 0 saturated heterocycles. The van der Waals surface area contributed by atoms with Gasteiger partial charge in [0.2, 0.25) is 0 Å². The maximum Gasteiger partial charge on any atom is 0.123 e. The van der Waals surface area contributed by atoms with Gasteiger partial charge in [0.15, 0.2) is 0 Å². The zero-order valence-electron chi connectivity index (χ0n) is 16.4. The van der Waals surface area contributed by atoms with Crippen LogP contribution >= 0.6 is 0 Å². The molecule has 0 aliphatic heterocycles. The molecule has 0 bridgehead atoms. The number of nitrogens with two attached hydrogens (primary N) is 1. The van der Waals surface area contributed by atoms with Crippen molar-refractivity contribution >= 4 is 11.0 Å². The fourth-order valence-corrected chi connectivity index (χ4v) is 3.65. The van der Waals surface area contributed by atoms with E-state index in [-0.39, 0.29) is 6.04 Å². The number of pyridine rings is 1. The summed E-state index contributed by atoms with van der Waals surface area (Å²) < 4.78 is 2.10. The second kappa shape index (κ2) is 7.93. The lowest BCUT2D eigenvalue weighted by Crippen LogP contribution is -2.15. The second-order valence-corrected chi connectivity index (χ2v) is 7.37. The van der Waals surface area contributed by atoms with Gasteiger partial charge < -0.3 is 10.7 Å². The fourth-order valence-electron chi connectivity index (χ4n) is 3.65. The van der Waals surface area contributed by atoms with E-state index in [4.69, 9.17) is 5.73 Å². The first-order valence-corrected chi connectivity index (χ1v) is 9.97. The Balaban J connectivity index is 1.29. The maximum absolute atomic E-state index is 6.31. The van der Waals surface area contributed by atoms with Crippen molar-refractivity contribution in [2.75, 3.05) is 0 Å². The number of aromatic nitrogens is 5. The normalized spacial score (nSPS) is 12.3. The predicted octanol–water partition coefficient (Wildman–Crippen LogP) is 3.98. The topological polar surface area (TPSA) is 85.4 Å². The first kappa shape index (κ1) is 18.3. The Morgan fingerprint density at radius 3 is 2.57 bits per heavy atom. The molecule has 0 amide bonds. The summed E-state index contributed by atoms with van der Waals surface area (Å²) in [5, 5.41) is 0. The van der Waals surface area contributed by atoms with Crippen LogP contribution in [0.4, 0.5) is 0 Å². The molecular formula is C24H22N6. The Hall–Kier alpha value is -3.77. The summed E-state index contributed by atoms with van der Waals surface area (Å²) >= 11 is 0. The number of H-pyrrole nitrogens is 1. The molecule has 1 atom stereocenters. The minimum atomic E-state index is -0.203. The molecule has 0 saturated carbocycles. The molecule has 0 aliphatic carbocycles. The highest BCUT2D eigenvalue weighted by Gasteiger charge is 2.12. The van der Waals surface area contributed by atoms with Gasteiger partial charge in [-0.15, -0.1) is 0 Å². The number of hydrogen-bond acceptors (Lipinski definition) is 4. The summed E-state index contributed by atoms with van der Waals surface area (Å²) in [5.74, 6) is 0.789. The SMILES string of the molecule is N[C@@H](Cc1ccccn1)c1ncc(Cc2ccc(-n3cnc4ccccc43)cc2)[nH]1. The standard InChI is InChI=1S/C24H22N6/c25-21(14-18-5-3-4-12-26-18)24-27-15-19(29-24)13-17-8-10-20(11-9-17)30-16-28-22-6-1-2-7-23(22)30/h1-12,15-16,21H,13-14,25H2,(H,27,29)/t21-/m0/s1. The zero-order chi connectivity index (χ0) is 20.3. The molecule has 3 N–H and O–H groups in total. The molecule has 3 aromatic heterocycles.